The van der Waals surface area contributed by atoms with Crippen molar-refractivity contribution in [1.29, 1.82) is 0 Å². The molecule has 0 bridgehead atoms. The van der Waals surface area contributed by atoms with Crippen LogP contribution in [-0.2, 0) is 18.3 Å². The van der Waals surface area contributed by atoms with Crippen LogP contribution in [0.15, 0.2) is 42.5 Å². The summed E-state index contributed by atoms with van der Waals surface area (Å²) >= 11 is 0. The summed E-state index contributed by atoms with van der Waals surface area (Å²) in [5, 5.41) is 12.9. The van der Waals surface area contributed by atoms with E-state index in [2.05, 4.69) is 28.8 Å². The van der Waals surface area contributed by atoms with Crippen molar-refractivity contribution >= 4 is 27.8 Å². The highest BCUT2D eigenvalue weighted by Gasteiger charge is 2.07. The first-order valence-electron chi connectivity index (χ1n) is 6.33. The third-order valence-corrected chi connectivity index (χ3v) is 3.60. The summed E-state index contributed by atoms with van der Waals surface area (Å²) in [7, 11) is 2.05. The van der Waals surface area contributed by atoms with Gasteiger partial charge in [-0.25, -0.2) is 0 Å². The molecule has 96 valence electrons. The summed E-state index contributed by atoms with van der Waals surface area (Å²) in [5.41, 5.74) is 3.39. The Morgan fingerprint density at radius 1 is 1.11 bits per heavy atom. The van der Waals surface area contributed by atoms with Crippen LogP contribution >= 0.6 is 0 Å². The van der Waals surface area contributed by atoms with Crippen LogP contribution in [0.1, 0.15) is 12.0 Å². The van der Waals surface area contributed by atoms with Crippen molar-refractivity contribution in [2.24, 2.45) is 7.05 Å². The van der Waals surface area contributed by atoms with Crippen molar-refractivity contribution in [2.45, 2.75) is 12.8 Å². The normalized spacial score (nSPS) is 11.2. The summed E-state index contributed by atoms with van der Waals surface area (Å²) in [6.07, 6.45) is 0.581. The molecule has 0 saturated heterocycles. The zero-order chi connectivity index (χ0) is 13.4. The van der Waals surface area contributed by atoms with Gasteiger partial charge in [0.2, 0.25) is 0 Å². The number of carbonyl (C=O) groups is 1. The third kappa shape index (κ3) is 1.97. The van der Waals surface area contributed by atoms with E-state index in [-0.39, 0.29) is 6.42 Å². The van der Waals surface area contributed by atoms with Gasteiger partial charge in [-0.1, -0.05) is 24.3 Å². The third-order valence-electron chi connectivity index (χ3n) is 3.60. The van der Waals surface area contributed by atoms with Gasteiger partial charge in [0.25, 0.3) is 0 Å². The fourth-order valence-corrected chi connectivity index (χ4v) is 2.62. The SMILES string of the molecule is Cn1c2ccccc2c2cc(CCC(=O)[O-])ccc21. The number of carboxylic acids is 1. The van der Waals surface area contributed by atoms with Gasteiger partial charge in [-0.15, -0.1) is 0 Å². The maximum absolute atomic E-state index is 10.5. The number of aliphatic carboxylic acids is 1. The molecule has 3 rings (SSSR count). The van der Waals surface area contributed by atoms with Gasteiger partial charge in [-0.3, -0.25) is 0 Å². The maximum Gasteiger partial charge on any atom is 0.0488 e. The smallest absolute Gasteiger partial charge is 0.0488 e. The van der Waals surface area contributed by atoms with Gasteiger partial charge < -0.3 is 14.5 Å². The molecular formula is C16H14NO2-. The molecule has 1 aromatic heterocycles. The van der Waals surface area contributed by atoms with Crippen LogP contribution in [0.2, 0.25) is 0 Å². The second kappa shape index (κ2) is 4.43. The number of para-hydroxylation sites is 1. The fourth-order valence-electron chi connectivity index (χ4n) is 2.62. The molecule has 1 heterocycles. The molecule has 0 fully saturated rings. The lowest BCUT2D eigenvalue weighted by Gasteiger charge is -2.03. The number of hydrogen-bond acceptors (Lipinski definition) is 2. The minimum absolute atomic E-state index is 0.0657. The lowest BCUT2D eigenvalue weighted by molar-refractivity contribution is -0.305. The molecule has 0 aliphatic carbocycles. The van der Waals surface area contributed by atoms with E-state index in [1.165, 1.54) is 21.8 Å². The minimum Gasteiger partial charge on any atom is -0.550 e. The van der Waals surface area contributed by atoms with Gasteiger partial charge in [-0.05, 0) is 36.6 Å². The molecule has 3 heteroatoms. The van der Waals surface area contributed by atoms with E-state index >= 15 is 0 Å². The Balaban J connectivity index is 2.16. The maximum atomic E-state index is 10.5. The summed E-state index contributed by atoms with van der Waals surface area (Å²) in [4.78, 5) is 10.5. The Kier molecular flexibility index (Phi) is 2.75. The standard InChI is InChI=1S/C16H15NO2/c1-17-14-5-3-2-4-12(14)13-10-11(6-8-15(13)17)7-9-16(18)19/h2-6,8,10H,7,9H2,1H3,(H,18,19)/p-1. The van der Waals surface area contributed by atoms with Gasteiger partial charge in [0, 0.05) is 34.8 Å². The number of benzene rings is 2. The van der Waals surface area contributed by atoms with Crippen LogP contribution in [0.4, 0.5) is 0 Å². The Labute approximate surface area is 111 Å². The number of rotatable bonds is 3. The molecule has 0 aliphatic rings. The summed E-state index contributed by atoms with van der Waals surface area (Å²) < 4.78 is 2.16. The zero-order valence-electron chi connectivity index (χ0n) is 10.7. The van der Waals surface area contributed by atoms with Crippen LogP contribution in [0.5, 0.6) is 0 Å². The molecule has 3 nitrogen and oxygen atoms in total. The van der Waals surface area contributed by atoms with Crippen LogP contribution in [-0.4, -0.2) is 10.5 Å². The predicted molar refractivity (Wildman–Crippen MR) is 73.8 cm³/mol. The second-order valence-corrected chi connectivity index (χ2v) is 4.80. The van der Waals surface area contributed by atoms with Crippen molar-refractivity contribution in [3.05, 3.63) is 48.0 Å². The van der Waals surface area contributed by atoms with E-state index in [9.17, 15) is 9.90 Å². The van der Waals surface area contributed by atoms with E-state index in [0.29, 0.717) is 6.42 Å². The van der Waals surface area contributed by atoms with Crippen molar-refractivity contribution in [1.82, 2.24) is 4.57 Å². The first kappa shape index (κ1) is 11.8. The van der Waals surface area contributed by atoms with Crippen LogP contribution in [0, 0.1) is 0 Å². The molecule has 19 heavy (non-hydrogen) atoms. The van der Waals surface area contributed by atoms with Crippen LogP contribution in [0.25, 0.3) is 21.8 Å². The van der Waals surface area contributed by atoms with E-state index in [0.717, 1.165) is 5.56 Å². The summed E-state index contributed by atoms with van der Waals surface area (Å²) in [6, 6.07) is 14.4. The van der Waals surface area contributed by atoms with E-state index in [1.807, 2.05) is 25.2 Å². The largest absolute Gasteiger partial charge is 0.550 e. The summed E-state index contributed by atoms with van der Waals surface area (Å²) in [6.45, 7) is 0. The van der Waals surface area contributed by atoms with Crippen molar-refractivity contribution in [2.75, 3.05) is 0 Å². The molecule has 3 aromatic rings. The lowest BCUT2D eigenvalue weighted by Crippen LogP contribution is -2.22. The predicted octanol–water partition coefficient (Wildman–Crippen LogP) is 2.01. The molecule has 0 radical (unpaired) electrons. The average Bonchev–Trinajstić information content (AvgIpc) is 2.71. The van der Waals surface area contributed by atoms with Gasteiger partial charge in [0.1, 0.15) is 0 Å². The van der Waals surface area contributed by atoms with Crippen LogP contribution < -0.4 is 5.11 Å². The van der Waals surface area contributed by atoms with E-state index < -0.39 is 5.97 Å². The van der Waals surface area contributed by atoms with Crippen LogP contribution in [0.3, 0.4) is 0 Å². The number of fused-ring (bicyclic) bond motifs is 3. The Bertz CT molecular complexity index is 771. The fraction of sp³-hybridized carbons (Fsp3) is 0.188. The van der Waals surface area contributed by atoms with Gasteiger partial charge in [-0.2, -0.15) is 0 Å². The quantitative estimate of drug-likeness (QED) is 0.715. The number of carboxylic acid groups (broad SMARTS) is 1. The second-order valence-electron chi connectivity index (χ2n) is 4.80. The topological polar surface area (TPSA) is 45.1 Å². The minimum atomic E-state index is -1.00. The molecule has 0 N–H and O–H groups in total. The number of aromatic nitrogens is 1. The van der Waals surface area contributed by atoms with Crippen molar-refractivity contribution < 1.29 is 9.90 Å². The number of hydrogen-bond donors (Lipinski definition) is 0. The molecule has 0 saturated carbocycles. The Morgan fingerprint density at radius 2 is 1.84 bits per heavy atom. The highest BCUT2D eigenvalue weighted by Crippen LogP contribution is 2.28. The van der Waals surface area contributed by atoms with Gasteiger partial charge in [0.05, 0.1) is 0 Å². The molecule has 0 amide bonds. The number of nitrogens with zero attached hydrogens (tertiary/aromatic N) is 1. The van der Waals surface area contributed by atoms with Crippen molar-refractivity contribution in [3.8, 4) is 0 Å². The molecule has 0 aliphatic heterocycles. The Hall–Kier alpha value is -2.29. The average molecular weight is 252 g/mol. The Morgan fingerprint density at radius 3 is 2.63 bits per heavy atom. The first-order chi connectivity index (χ1) is 9.16. The monoisotopic (exact) mass is 252 g/mol. The van der Waals surface area contributed by atoms with Gasteiger partial charge >= 0.3 is 0 Å². The van der Waals surface area contributed by atoms with E-state index in [1.54, 1.807) is 0 Å². The molecular weight excluding hydrogens is 238 g/mol. The highest BCUT2D eigenvalue weighted by atomic mass is 16.4. The number of aryl methyl sites for hydroxylation is 2. The molecule has 0 atom stereocenters. The summed E-state index contributed by atoms with van der Waals surface area (Å²) in [5.74, 6) is -1.00. The number of carbonyl (C=O) groups excluding carboxylic acids is 1. The van der Waals surface area contributed by atoms with E-state index in [4.69, 9.17) is 0 Å². The van der Waals surface area contributed by atoms with Gasteiger partial charge in [0.15, 0.2) is 0 Å². The molecule has 0 spiro atoms. The zero-order valence-corrected chi connectivity index (χ0v) is 10.7. The van der Waals surface area contributed by atoms with Crippen molar-refractivity contribution in [3.63, 3.8) is 0 Å². The first-order valence-corrected chi connectivity index (χ1v) is 6.33. The molecule has 0 unspecified atom stereocenters. The molecule has 2 aromatic carbocycles. The highest BCUT2D eigenvalue weighted by molar-refractivity contribution is 6.08. The lowest BCUT2D eigenvalue weighted by atomic mass is 10.1.